The van der Waals surface area contributed by atoms with Crippen molar-refractivity contribution in [2.75, 3.05) is 31.0 Å². The molecule has 4 atom stereocenters. The first-order valence-electron chi connectivity index (χ1n) is 14.1. The molecule has 3 N–H and O–H groups in total. The number of aliphatic hydroxyl groups is 1. The monoisotopic (exact) mass is 590 g/mol. The highest BCUT2D eigenvalue weighted by molar-refractivity contribution is 6.71. The average molecular weight is 591 g/mol. The number of amides is 2. The molecule has 2 amide bonds. The lowest BCUT2D eigenvalue weighted by Crippen LogP contribution is -2.46. The Kier molecular flexibility index (Phi) is 8.17. The van der Waals surface area contributed by atoms with E-state index < -0.39 is 20.0 Å². The topological polar surface area (TPSA) is 118 Å². The lowest BCUT2D eigenvalue weighted by atomic mass is 9.82. The van der Waals surface area contributed by atoms with Crippen molar-refractivity contribution in [1.29, 1.82) is 0 Å². The van der Waals surface area contributed by atoms with Crippen molar-refractivity contribution in [2.45, 2.75) is 50.2 Å². The van der Waals surface area contributed by atoms with Crippen LogP contribution in [0.2, 0.25) is 18.6 Å². The highest BCUT2D eigenvalue weighted by Crippen LogP contribution is 2.60. The van der Waals surface area contributed by atoms with E-state index in [1.54, 1.807) is 49.5 Å². The standard InChI is InChI=1S/C32H38N2O7Si/c1-20-29(42(4,5)38)28(15-16-35)41-32(20)26-18-25(40-3)13-14-27(26)34(31(32)37)19-21-7-6-8-23(17-21)33-30(36)22-9-11-24(39-2)12-10-22/h6-14,17-18,20,28-29,35,38H,15-16,19H2,1-5H3,(H,33,36)/t20-,28+,29-,32+/m1/s1. The Morgan fingerprint density at radius 2 is 1.74 bits per heavy atom. The van der Waals surface area contributed by atoms with Gasteiger partial charge in [-0.1, -0.05) is 19.1 Å². The van der Waals surface area contributed by atoms with Gasteiger partial charge in [0.2, 0.25) is 0 Å². The molecule has 2 heterocycles. The van der Waals surface area contributed by atoms with Gasteiger partial charge in [-0.15, -0.1) is 0 Å². The first-order valence-corrected chi connectivity index (χ1v) is 17.1. The van der Waals surface area contributed by atoms with Crippen LogP contribution in [0.25, 0.3) is 0 Å². The molecule has 0 radical (unpaired) electrons. The fraction of sp³-hybridized carbons (Fsp3) is 0.375. The van der Waals surface area contributed by atoms with E-state index in [0.717, 1.165) is 5.56 Å². The number of nitrogens with zero attached hydrogens (tertiary/aromatic N) is 1. The minimum absolute atomic E-state index is 0.105. The van der Waals surface area contributed by atoms with Crippen LogP contribution >= 0.6 is 0 Å². The third-order valence-corrected chi connectivity index (χ3v) is 11.0. The lowest BCUT2D eigenvalue weighted by molar-refractivity contribution is -0.146. The number of hydrogen-bond acceptors (Lipinski definition) is 7. The zero-order chi connectivity index (χ0) is 30.2. The van der Waals surface area contributed by atoms with Crippen molar-refractivity contribution < 1.29 is 33.7 Å². The van der Waals surface area contributed by atoms with E-state index in [-0.39, 0.29) is 36.4 Å². The van der Waals surface area contributed by atoms with Gasteiger partial charge in [0.15, 0.2) is 13.9 Å². The molecule has 1 saturated heterocycles. The van der Waals surface area contributed by atoms with Gasteiger partial charge in [-0.05, 0) is 79.7 Å². The second-order valence-electron chi connectivity index (χ2n) is 11.5. The van der Waals surface area contributed by atoms with Gasteiger partial charge in [-0.2, -0.15) is 0 Å². The summed E-state index contributed by atoms with van der Waals surface area (Å²) in [6, 6.07) is 19.8. The molecular weight excluding hydrogens is 552 g/mol. The molecule has 0 bridgehead atoms. The minimum atomic E-state index is -2.79. The summed E-state index contributed by atoms with van der Waals surface area (Å²) >= 11 is 0. The maximum atomic E-state index is 14.5. The highest BCUT2D eigenvalue weighted by Gasteiger charge is 2.66. The maximum Gasteiger partial charge on any atom is 0.264 e. The van der Waals surface area contributed by atoms with Gasteiger partial charge in [0.05, 0.1) is 32.6 Å². The first-order chi connectivity index (χ1) is 20.0. The Balaban J connectivity index is 1.47. The van der Waals surface area contributed by atoms with Crippen LogP contribution < -0.4 is 19.7 Å². The smallest absolute Gasteiger partial charge is 0.264 e. The molecule has 1 fully saturated rings. The quantitative estimate of drug-likeness (QED) is 0.310. The molecule has 9 nitrogen and oxygen atoms in total. The second kappa shape index (κ2) is 11.5. The fourth-order valence-corrected chi connectivity index (χ4v) is 9.22. The second-order valence-corrected chi connectivity index (χ2v) is 15.5. The van der Waals surface area contributed by atoms with Crippen molar-refractivity contribution >= 4 is 31.5 Å². The zero-order valence-electron chi connectivity index (χ0n) is 24.6. The molecule has 0 aliphatic carbocycles. The molecule has 10 heteroatoms. The largest absolute Gasteiger partial charge is 0.497 e. The third-order valence-electron chi connectivity index (χ3n) is 8.48. The predicted octanol–water partition coefficient (Wildman–Crippen LogP) is 4.68. The summed E-state index contributed by atoms with van der Waals surface area (Å²) in [6.45, 7) is 5.82. The summed E-state index contributed by atoms with van der Waals surface area (Å²) < 4.78 is 17.3. The van der Waals surface area contributed by atoms with Crippen LogP contribution in [0, 0.1) is 5.92 Å². The number of fused-ring (bicyclic) bond motifs is 2. The summed E-state index contributed by atoms with van der Waals surface area (Å²) in [5.74, 6) is 0.464. The molecule has 222 valence electrons. The molecule has 0 saturated carbocycles. The van der Waals surface area contributed by atoms with Crippen LogP contribution in [-0.2, 0) is 21.7 Å². The molecule has 3 aromatic rings. The molecule has 5 rings (SSSR count). The normalized spacial score (nSPS) is 23.3. The fourth-order valence-electron chi connectivity index (χ4n) is 6.61. The summed E-state index contributed by atoms with van der Waals surface area (Å²) in [5, 5.41) is 12.7. The number of carbonyl (C=O) groups is 2. The minimum Gasteiger partial charge on any atom is -0.497 e. The van der Waals surface area contributed by atoms with Crippen molar-refractivity contribution in [1.82, 2.24) is 0 Å². The number of benzene rings is 3. The summed E-state index contributed by atoms with van der Waals surface area (Å²) in [7, 11) is 0.358. The van der Waals surface area contributed by atoms with Gasteiger partial charge in [-0.3, -0.25) is 9.59 Å². The Morgan fingerprint density at radius 3 is 2.38 bits per heavy atom. The number of carbonyl (C=O) groups excluding carboxylic acids is 2. The van der Waals surface area contributed by atoms with E-state index in [2.05, 4.69) is 5.32 Å². The van der Waals surface area contributed by atoms with Gasteiger partial charge < -0.3 is 34.3 Å². The molecule has 42 heavy (non-hydrogen) atoms. The number of methoxy groups -OCH3 is 2. The van der Waals surface area contributed by atoms with Gasteiger partial charge in [-0.25, -0.2) is 0 Å². The van der Waals surface area contributed by atoms with E-state index in [1.807, 2.05) is 56.4 Å². The third kappa shape index (κ3) is 5.20. The van der Waals surface area contributed by atoms with Crippen LogP contribution in [0.1, 0.15) is 34.8 Å². The van der Waals surface area contributed by atoms with Crippen LogP contribution in [-0.4, -0.2) is 57.0 Å². The molecule has 0 aromatic heterocycles. The number of hydrogen-bond donors (Lipinski definition) is 3. The van der Waals surface area contributed by atoms with E-state index in [4.69, 9.17) is 14.2 Å². The van der Waals surface area contributed by atoms with Crippen molar-refractivity contribution in [3.8, 4) is 11.5 Å². The zero-order valence-corrected chi connectivity index (χ0v) is 25.6. The van der Waals surface area contributed by atoms with Crippen LogP contribution in [0.5, 0.6) is 11.5 Å². The Labute approximate surface area is 247 Å². The Hall–Kier alpha value is -3.70. The van der Waals surface area contributed by atoms with Crippen LogP contribution in [0.15, 0.2) is 66.7 Å². The molecular formula is C32H38N2O7Si. The molecule has 1 spiro atoms. The number of anilines is 2. The summed E-state index contributed by atoms with van der Waals surface area (Å²) in [4.78, 5) is 40.3. The number of rotatable bonds is 9. The number of ether oxygens (including phenoxy) is 3. The SMILES string of the molecule is COc1ccc(C(=O)Nc2cccc(CN3C(=O)[C@@]4(O[C@@H](CCO)[C@H]([Si](C)(C)O)[C@H]4C)c4cc(OC)ccc43)c2)cc1. The lowest BCUT2D eigenvalue weighted by Gasteiger charge is -2.32. The van der Waals surface area contributed by atoms with Gasteiger partial charge in [0, 0.05) is 34.9 Å². The van der Waals surface area contributed by atoms with E-state index >= 15 is 0 Å². The van der Waals surface area contributed by atoms with Gasteiger partial charge in [0.25, 0.3) is 11.8 Å². The Bertz CT molecular complexity index is 1470. The summed E-state index contributed by atoms with van der Waals surface area (Å²) in [6.07, 6.45) is -0.132. The predicted molar refractivity (Wildman–Crippen MR) is 162 cm³/mol. The van der Waals surface area contributed by atoms with Gasteiger partial charge >= 0.3 is 0 Å². The molecule has 3 aromatic carbocycles. The molecule has 2 aliphatic rings. The molecule has 2 aliphatic heterocycles. The number of aliphatic hydroxyl groups excluding tert-OH is 1. The van der Waals surface area contributed by atoms with Crippen molar-refractivity contribution in [3.05, 3.63) is 83.4 Å². The maximum absolute atomic E-state index is 14.5. The number of nitrogens with one attached hydrogen (secondary N) is 1. The Morgan fingerprint density at radius 1 is 1.05 bits per heavy atom. The van der Waals surface area contributed by atoms with Crippen molar-refractivity contribution in [3.63, 3.8) is 0 Å². The summed E-state index contributed by atoms with van der Waals surface area (Å²) in [5.41, 5.74) is 1.75. The highest BCUT2D eigenvalue weighted by atomic mass is 28.4. The van der Waals surface area contributed by atoms with E-state index in [1.165, 1.54) is 0 Å². The van der Waals surface area contributed by atoms with E-state index in [9.17, 15) is 19.5 Å². The van der Waals surface area contributed by atoms with Crippen molar-refractivity contribution in [2.24, 2.45) is 5.92 Å². The van der Waals surface area contributed by atoms with Crippen LogP contribution in [0.3, 0.4) is 0 Å². The average Bonchev–Trinajstić information content (AvgIpc) is 3.39. The van der Waals surface area contributed by atoms with Crippen LogP contribution in [0.4, 0.5) is 11.4 Å². The first kappa shape index (κ1) is 29.8. The van der Waals surface area contributed by atoms with E-state index in [0.29, 0.717) is 40.4 Å². The molecule has 0 unspecified atom stereocenters. The van der Waals surface area contributed by atoms with Gasteiger partial charge in [0.1, 0.15) is 11.5 Å².